The van der Waals surface area contributed by atoms with E-state index < -0.39 is 0 Å². The van der Waals surface area contributed by atoms with E-state index in [1.807, 2.05) is 6.07 Å². The first-order chi connectivity index (χ1) is 14.5. The molecule has 0 radical (unpaired) electrons. The number of hydrogen-bond acceptors (Lipinski definition) is 6. The Morgan fingerprint density at radius 2 is 1.93 bits per heavy atom. The third-order valence-electron chi connectivity index (χ3n) is 4.86. The van der Waals surface area contributed by atoms with Crippen LogP contribution in [0.15, 0.2) is 41.3 Å². The van der Waals surface area contributed by atoms with Gasteiger partial charge in [-0.25, -0.2) is 0 Å². The number of nitrogens with zero attached hydrogens (tertiary/aromatic N) is 2. The first-order valence-corrected chi connectivity index (χ1v) is 9.47. The van der Waals surface area contributed by atoms with E-state index in [9.17, 15) is 9.59 Å². The highest BCUT2D eigenvalue weighted by molar-refractivity contribution is 5.98. The minimum absolute atomic E-state index is 0.206. The molecule has 3 rings (SSSR count). The van der Waals surface area contributed by atoms with E-state index in [1.54, 1.807) is 63.3 Å². The number of aromatic nitrogens is 2. The van der Waals surface area contributed by atoms with E-state index in [0.717, 1.165) is 5.56 Å². The van der Waals surface area contributed by atoms with Crippen molar-refractivity contribution in [2.45, 2.75) is 20.0 Å². The molecule has 8 nitrogen and oxygen atoms in total. The summed E-state index contributed by atoms with van der Waals surface area (Å²) in [6.45, 7) is 2.86. The van der Waals surface area contributed by atoms with Crippen LogP contribution in [0.25, 0.3) is 10.9 Å². The number of carbonyl (C=O) groups is 1. The lowest BCUT2D eigenvalue weighted by Crippen LogP contribution is -2.26. The van der Waals surface area contributed by atoms with Gasteiger partial charge in [0.15, 0.2) is 0 Å². The van der Waals surface area contributed by atoms with Crippen molar-refractivity contribution in [2.75, 3.05) is 27.9 Å². The lowest BCUT2D eigenvalue weighted by molar-refractivity contribution is 0.0950. The number of rotatable bonds is 8. The van der Waals surface area contributed by atoms with E-state index in [-0.39, 0.29) is 18.0 Å². The maximum absolute atomic E-state index is 12.8. The van der Waals surface area contributed by atoms with Crippen molar-refractivity contribution < 1.29 is 19.0 Å². The zero-order valence-electron chi connectivity index (χ0n) is 17.5. The second-order valence-electron chi connectivity index (χ2n) is 6.72. The molecule has 30 heavy (non-hydrogen) atoms. The molecule has 1 N–H and O–H groups in total. The number of hydrogen-bond donors (Lipinski definition) is 1. The standard InChI is InChI=1S/C22H25N3O5/c1-14-17(12-18-19(24-14)7-8-25(22(18)27)9-10-28-2)21(26)23-13-15-5-6-16(29-3)11-20(15)30-4/h5-8,11-12H,9-10,13H2,1-4H3,(H,23,26). The first-order valence-electron chi connectivity index (χ1n) is 9.47. The average molecular weight is 411 g/mol. The molecule has 0 atom stereocenters. The third-order valence-corrected chi connectivity index (χ3v) is 4.86. The quantitative estimate of drug-likeness (QED) is 0.612. The Morgan fingerprint density at radius 3 is 2.63 bits per heavy atom. The molecular formula is C22H25N3O5. The number of carbonyl (C=O) groups excluding carboxylic acids is 1. The van der Waals surface area contributed by atoms with Crippen molar-refractivity contribution in [2.24, 2.45) is 0 Å². The fraction of sp³-hybridized carbons (Fsp3) is 0.318. The third kappa shape index (κ3) is 4.44. The summed E-state index contributed by atoms with van der Waals surface area (Å²) in [6.07, 6.45) is 1.69. The highest BCUT2D eigenvalue weighted by Gasteiger charge is 2.15. The zero-order chi connectivity index (χ0) is 21.7. The van der Waals surface area contributed by atoms with Gasteiger partial charge in [-0.15, -0.1) is 0 Å². The minimum atomic E-state index is -0.313. The van der Waals surface area contributed by atoms with Crippen molar-refractivity contribution in [1.82, 2.24) is 14.9 Å². The average Bonchev–Trinajstić information content (AvgIpc) is 2.76. The van der Waals surface area contributed by atoms with Gasteiger partial charge >= 0.3 is 0 Å². The summed E-state index contributed by atoms with van der Waals surface area (Å²) in [7, 11) is 4.72. The van der Waals surface area contributed by atoms with Crippen LogP contribution in [-0.2, 0) is 17.8 Å². The van der Waals surface area contributed by atoms with Crippen molar-refractivity contribution >= 4 is 16.8 Å². The first kappa shape index (κ1) is 21.3. The summed E-state index contributed by atoms with van der Waals surface area (Å²) >= 11 is 0. The summed E-state index contributed by atoms with van der Waals surface area (Å²) < 4.78 is 17.2. The van der Waals surface area contributed by atoms with Gasteiger partial charge in [0.05, 0.1) is 43.0 Å². The van der Waals surface area contributed by atoms with Crippen LogP contribution >= 0.6 is 0 Å². The molecule has 3 aromatic rings. The van der Waals surface area contributed by atoms with Gasteiger partial charge in [0, 0.05) is 38.0 Å². The fourth-order valence-electron chi connectivity index (χ4n) is 3.17. The lowest BCUT2D eigenvalue weighted by atomic mass is 10.1. The molecule has 0 fully saturated rings. The normalized spacial score (nSPS) is 10.8. The molecular weight excluding hydrogens is 386 g/mol. The molecule has 0 spiro atoms. The van der Waals surface area contributed by atoms with Gasteiger partial charge in [0.2, 0.25) is 0 Å². The minimum Gasteiger partial charge on any atom is -0.497 e. The van der Waals surface area contributed by atoms with Crippen LogP contribution in [0.4, 0.5) is 0 Å². The van der Waals surface area contributed by atoms with Crippen LogP contribution in [0, 0.1) is 6.92 Å². The molecule has 0 aliphatic carbocycles. The molecule has 0 aliphatic rings. The summed E-state index contributed by atoms with van der Waals surface area (Å²) in [4.78, 5) is 30.0. The van der Waals surface area contributed by atoms with Crippen LogP contribution in [-0.4, -0.2) is 43.4 Å². The monoisotopic (exact) mass is 411 g/mol. The molecule has 0 saturated heterocycles. The zero-order valence-corrected chi connectivity index (χ0v) is 17.5. The van der Waals surface area contributed by atoms with Gasteiger partial charge in [-0.2, -0.15) is 0 Å². The Hall–Kier alpha value is -3.39. The van der Waals surface area contributed by atoms with Crippen molar-refractivity contribution in [3.63, 3.8) is 0 Å². The number of aryl methyl sites for hydroxylation is 1. The topological polar surface area (TPSA) is 91.7 Å². The van der Waals surface area contributed by atoms with E-state index in [2.05, 4.69) is 10.3 Å². The summed E-state index contributed by atoms with van der Waals surface area (Å²) in [5.41, 5.74) is 2.06. The van der Waals surface area contributed by atoms with Crippen molar-refractivity contribution in [1.29, 1.82) is 0 Å². The predicted molar refractivity (Wildman–Crippen MR) is 113 cm³/mol. The molecule has 8 heteroatoms. The van der Waals surface area contributed by atoms with Gasteiger partial charge in [-0.05, 0) is 31.2 Å². The number of amides is 1. The molecule has 0 unspecified atom stereocenters. The van der Waals surface area contributed by atoms with E-state index >= 15 is 0 Å². The van der Waals surface area contributed by atoms with E-state index in [0.29, 0.717) is 46.8 Å². The van der Waals surface area contributed by atoms with Crippen LogP contribution in [0.2, 0.25) is 0 Å². The van der Waals surface area contributed by atoms with Gasteiger partial charge < -0.3 is 24.1 Å². The molecule has 1 aromatic carbocycles. The highest BCUT2D eigenvalue weighted by Crippen LogP contribution is 2.24. The molecule has 158 valence electrons. The Balaban J connectivity index is 1.86. The van der Waals surface area contributed by atoms with E-state index in [4.69, 9.17) is 14.2 Å². The number of benzene rings is 1. The van der Waals surface area contributed by atoms with Gasteiger partial charge in [0.1, 0.15) is 11.5 Å². The Kier molecular flexibility index (Phi) is 6.68. The fourth-order valence-corrected chi connectivity index (χ4v) is 3.17. The van der Waals surface area contributed by atoms with Crippen LogP contribution < -0.4 is 20.3 Å². The number of nitrogens with one attached hydrogen (secondary N) is 1. The Bertz CT molecular complexity index is 1120. The highest BCUT2D eigenvalue weighted by atomic mass is 16.5. The maximum Gasteiger partial charge on any atom is 0.260 e. The molecule has 0 aliphatic heterocycles. The van der Waals surface area contributed by atoms with Crippen molar-refractivity contribution in [3.05, 3.63) is 63.7 Å². The SMILES string of the molecule is COCCn1ccc2nc(C)c(C(=O)NCc3ccc(OC)cc3OC)cc2c1=O. The summed E-state index contributed by atoms with van der Waals surface area (Å²) in [6, 6.07) is 8.76. The smallest absolute Gasteiger partial charge is 0.260 e. The van der Waals surface area contributed by atoms with Crippen LogP contribution in [0.5, 0.6) is 11.5 Å². The lowest BCUT2D eigenvalue weighted by Gasteiger charge is -2.13. The second kappa shape index (κ2) is 9.41. The summed E-state index contributed by atoms with van der Waals surface area (Å²) in [5, 5.41) is 3.27. The number of fused-ring (bicyclic) bond motifs is 1. The number of methoxy groups -OCH3 is 3. The van der Waals surface area contributed by atoms with E-state index in [1.165, 1.54) is 0 Å². The second-order valence-corrected chi connectivity index (χ2v) is 6.72. The Labute approximate surface area is 174 Å². The molecule has 2 heterocycles. The molecule has 0 saturated carbocycles. The van der Waals surface area contributed by atoms with Crippen LogP contribution in [0.1, 0.15) is 21.6 Å². The predicted octanol–water partition coefficient (Wildman–Crippen LogP) is 2.30. The molecule has 2 aromatic heterocycles. The van der Waals surface area contributed by atoms with Gasteiger partial charge in [-0.3, -0.25) is 14.6 Å². The molecule has 0 bridgehead atoms. The van der Waals surface area contributed by atoms with Crippen molar-refractivity contribution in [3.8, 4) is 11.5 Å². The Morgan fingerprint density at radius 1 is 1.13 bits per heavy atom. The largest absolute Gasteiger partial charge is 0.497 e. The number of pyridine rings is 2. The van der Waals surface area contributed by atoms with Crippen LogP contribution in [0.3, 0.4) is 0 Å². The van der Waals surface area contributed by atoms with Gasteiger partial charge in [0.25, 0.3) is 11.5 Å². The molecule has 1 amide bonds. The maximum atomic E-state index is 12.8. The number of ether oxygens (including phenoxy) is 3. The summed E-state index contributed by atoms with van der Waals surface area (Å²) in [5.74, 6) is 0.969. The van der Waals surface area contributed by atoms with Gasteiger partial charge in [-0.1, -0.05) is 0 Å².